The summed E-state index contributed by atoms with van der Waals surface area (Å²) in [7, 11) is 0. The molecule has 0 spiro atoms. The van der Waals surface area contributed by atoms with E-state index in [0.717, 1.165) is 5.56 Å². The van der Waals surface area contributed by atoms with Gasteiger partial charge in [-0.05, 0) is 17.5 Å². The Morgan fingerprint density at radius 2 is 2.00 bits per heavy atom. The predicted molar refractivity (Wildman–Crippen MR) is 76.0 cm³/mol. The van der Waals surface area contributed by atoms with Crippen molar-refractivity contribution in [1.29, 1.82) is 0 Å². The number of aliphatic carboxylic acids is 1. The molecule has 2 rings (SSSR count). The summed E-state index contributed by atoms with van der Waals surface area (Å²) >= 11 is 6.19. The molecular weight excluding hydrogens is 282 g/mol. The molecule has 0 radical (unpaired) electrons. The number of benzene rings is 1. The van der Waals surface area contributed by atoms with Gasteiger partial charge in [-0.2, -0.15) is 0 Å². The topological polar surface area (TPSA) is 81.8 Å². The number of ether oxygens (including phenoxy) is 2. The zero-order valence-electron chi connectivity index (χ0n) is 11.5. The molecule has 0 amide bonds. The lowest BCUT2D eigenvalue weighted by molar-refractivity contribution is -0.138. The van der Waals surface area contributed by atoms with E-state index in [1.807, 2.05) is 13.8 Å². The number of nitrogens with two attached hydrogens (primary N) is 1. The molecule has 0 aromatic heterocycles. The van der Waals surface area contributed by atoms with Crippen molar-refractivity contribution >= 4 is 17.6 Å². The van der Waals surface area contributed by atoms with Crippen LogP contribution < -0.4 is 15.2 Å². The third-order valence-electron chi connectivity index (χ3n) is 3.32. The minimum absolute atomic E-state index is 0.00499. The van der Waals surface area contributed by atoms with Gasteiger partial charge in [-0.15, -0.1) is 0 Å². The predicted octanol–water partition coefficient (Wildman–Crippen LogP) is 2.36. The summed E-state index contributed by atoms with van der Waals surface area (Å²) in [4.78, 5) is 11.4. The molecule has 1 atom stereocenters. The van der Waals surface area contributed by atoms with E-state index in [0.29, 0.717) is 35.3 Å². The van der Waals surface area contributed by atoms with Gasteiger partial charge in [0.25, 0.3) is 0 Å². The molecule has 110 valence electrons. The summed E-state index contributed by atoms with van der Waals surface area (Å²) in [6, 6.07) is 1.63. The maximum Gasteiger partial charge on any atom is 0.312 e. The summed E-state index contributed by atoms with van der Waals surface area (Å²) in [6.45, 7) is 4.81. The molecular formula is C14H18ClNO4. The van der Waals surface area contributed by atoms with E-state index < -0.39 is 11.9 Å². The van der Waals surface area contributed by atoms with Gasteiger partial charge in [-0.25, -0.2) is 0 Å². The highest BCUT2D eigenvalue weighted by molar-refractivity contribution is 6.32. The summed E-state index contributed by atoms with van der Waals surface area (Å²) in [6.07, 6.45) is 0. The minimum atomic E-state index is -0.970. The van der Waals surface area contributed by atoms with Gasteiger partial charge in [-0.3, -0.25) is 4.79 Å². The Morgan fingerprint density at radius 1 is 1.40 bits per heavy atom. The average molecular weight is 300 g/mol. The molecule has 1 aromatic rings. The Kier molecular flexibility index (Phi) is 4.40. The highest BCUT2D eigenvalue weighted by Gasteiger charge is 2.30. The Hall–Kier alpha value is -1.46. The normalized spacial score (nSPS) is 15.2. The van der Waals surface area contributed by atoms with Crippen LogP contribution in [0.1, 0.15) is 36.8 Å². The van der Waals surface area contributed by atoms with Crippen LogP contribution in [0.25, 0.3) is 0 Å². The number of carboxylic acids is 1. The molecule has 1 aliphatic rings. The molecule has 0 fully saturated rings. The van der Waals surface area contributed by atoms with Gasteiger partial charge in [-0.1, -0.05) is 25.4 Å². The van der Waals surface area contributed by atoms with Crippen molar-refractivity contribution in [3.05, 3.63) is 22.2 Å². The zero-order chi connectivity index (χ0) is 14.9. The quantitative estimate of drug-likeness (QED) is 0.892. The third-order valence-corrected chi connectivity index (χ3v) is 3.60. The van der Waals surface area contributed by atoms with E-state index >= 15 is 0 Å². The van der Waals surface area contributed by atoms with E-state index in [-0.39, 0.29) is 12.5 Å². The fourth-order valence-corrected chi connectivity index (χ4v) is 2.71. The lowest BCUT2D eigenvalue weighted by Crippen LogP contribution is -2.24. The molecule has 0 saturated carbocycles. The van der Waals surface area contributed by atoms with Crippen LogP contribution in [0.4, 0.5) is 0 Å². The van der Waals surface area contributed by atoms with Crippen molar-refractivity contribution in [2.45, 2.75) is 25.7 Å². The van der Waals surface area contributed by atoms with Crippen molar-refractivity contribution in [1.82, 2.24) is 0 Å². The molecule has 3 N–H and O–H groups in total. The van der Waals surface area contributed by atoms with Gasteiger partial charge in [0.1, 0.15) is 13.2 Å². The Balaban J connectivity index is 2.67. The first-order chi connectivity index (χ1) is 9.47. The molecule has 20 heavy (non-hydrogen) atoms. The number of carboxylic acid groups (broad SMARTS) is 1. The van der Waals surface area contributed by atoms with E-state index in [1.165, 1.54) is 0 Å². The molecule has 1 aliphatic heterocycles. The van der Waals surface area contributed by atoms with E-state index in [1.54, 1.807) is 6.07 Å². The second-order valence-corrected chi connectivity index (χ2v) is 5.40. The second-order valence-electron chi connectivity index (χ2n) is 5.00. The lowest BCUT2D eigenvalue weighted by Gasteiger charge is -2.27. The van der Waals surface area contributed by atoms with Crippen molar-refractivity contribution in [3.63, 3.8) is 0 Å². The molecule has 1 heterocycles. The van der Waals surface area contributed by atoms with Gasteiger partial charge in [0, 0.05) is 12.1 Å². The molecule has 6 heteroatoms. The molecule has 0 saturated heterocycles. The summed E-state index contributed by atoms with van der Waals surface area (Å²) in [5, 5.41) is 9.69. The van der Waals surface area contributed by atoms with E-state index in [2.05, 4.69) is 0 Å². The van der Waals surface area contributed by atoms with Gasteiger partial charge in [0.05, 0.1) is 10.9 Å². The Bertz CT molecular complexity index is 530. The summed E-state index contributed by atoms with van der Waals surface area (Å²) in [5.41, 5.74) is 7.01. The smallest absolute Gasteiger partial charge is 0.312 e. The lowest BCUT2D eigenvalue weighted by atomic mass is 9.87. The maximum atomic E-state index is 11.4. The van der Waals surface area contributed by atoms with Crippen molar-refractivity contribution in [2.24, 2.45) is 5.73 Å². The van der Waals surface area contributed by atoms with Crippen LogP contribution in [-0.4, -0.2) is 30.8 Å². The molecule has 0 bridgehead atoms. The second kappa shape index (κ2) is 5.89. The molecule has 5 nitrogen and oxygen atoms in total. The Labute approximate surface area is 122 Å². The monoisotopic (exact) mass is 299 g/mol. The SMILES string of the molecule is CC(C)c1c(C(CN)C(=O)O)cc(Cl)c2c1OCCO2. The van der Waals surface area contributed by atoms with Gasteiger partial charge < -0.3 is 20.3 Å². The number of carbonyl (C=O) groups is 1. The zero-order valence-corrected chi connectivity index (χ0v) is 12.2. The van der Waals surface area contributed by atoms with Gasteiger partial charge in [0.2, 0.25) is 0 Å². The number of fused-ring (bicyclic) bond motifs is 1. The third kappa shape index (κ3) is 2.55. The maximum absolute atomic E-state index is 11.4. The van der Waals surface area contributed by atoms with Crippen molar-refractivity contribution in [3.8, 4) is 11.5 Å². The number of halogens is 1. The molecule has 1 aromatic carbocycles. The fourth-order valence-electron chi connectivity index (χ4n) is 2.45. The van der Waals surface area contributed by atoms with Crippen LogP contribution in [-0.2, 0) is 4.79 Å². The fraction of sp³-hybridized carbons (Fsp3) is 0.500. The Morgan fingerprint density at radius 3 is 2.50 bits per heavy atom. The van der Waals surface area contributed by atoms with Crippen LogP contribution in [0.2, 0.25) is 5.02 Å². The van der Waals surface area contributed by atoms with E-state index in [9.17, 15) is 9.90 Å². The highest BCUT2D eigenvalue weighted by Crippen LogP contribution is 2.46. The van der Waals surface area contributed by atoms with Crippen LogP contribution in [0.5, 0.6) is 11.5 Å². The summed E-state index contributed by atoms with van der Waals surface area (Å²) < 4.78 is 11.2. The van der Waals surface area contributed by atoms with Gasteiger partial charge in [0.15, 0.2) is 11.5 Å². The number of rotatable bonds is 4. The highest BCUT2D eigenvalue weighted by atomic mass is 35.5. The minimum Gasteiger partial charge on any atom is -0.486 e. The van der Waals surface area contributed by atoms with Crippen molar-refractivity contribution < 1.29 is 19.4 Å². The van der Waals surface area contributed by atoms with E-state index in [4.69, 9.17) is 26.8 Å². The standard InChI is InChI=1S/C14H18ClNO4/c1-7(2)11-8(9(6-16)14(17)18)5-10(15)12-13(11)20-4-3-19-12/h5,7,9H,3-4,6,16H2,1-2H3,(H,17,18). The number of hydrogen-bond acceptors (Lipinski definition) is 4. The summed E-state index contributed by atoms with van der Waals surface area (Å²) in [5.74, 6) is -0.658. The first-order valence-corrected chi connectivity index (χ1v) is 6.89. The van der Waals surface area contributed by atoms with Crippen LogP contribution in [0.3, 0.4) is 0 Å². The van der Waals surface area contributed by atoms with Crippen LogP contribution >= 0.6 is 11.6 Å². The molecule has 0 aliphatic carbocycles. The first kappa shape index (κ1) is 14.9. The van der Waals surface area contributed by atoms with Crippen LogP contribution in [0.15, 0.2) is 6.07 Å². The average Bonchev–Trinajstić information content (AvgIpc) is 2.39. The first-order valence-electron chi connectivity index (χ1n) is 6.52. The molecule has 1 unspecified atom stereocenters. The largest absolute Gasteiger partial charge is 0.486 e. The van der Waals surface area contributed by atoms with Crippen molar-refractivity contribution in [2.75, 3.05) is 19.8 Å². The number of hydrogen-bond donors (Lipinski definition) is 2. The van der Waals surface area contributed by atoms with Gasteiger partial charge >= 0.3 is 5.97 Å². The van der Waals surface area contributed by atoms with Crippen LogP contribution in [0, 0.1) is 0 Å².